The van der Waals surface area contributed by atoms with Gasteiger partial charge in [0.1, 0.15) is 23.9 Å². The van der Waals surface area contributed by atoms with Crippen LogP contribution in [0.1, 0.15) is 44.4 Å². The number of esters is 1. The maximum Gasteiger partial charge on any atom is 0.341 e. The Morgan fingerprint density at radius 1 is 0.780 bits per heavy atom. The van der Waals surface area contributed by atoms with Gasteiger partial charge in [-0.3, -0.25) is 0 Å². The summed E-state index contributed by atoms with van der Waals surface area (Å²) < 4.78 is 30.5. The van der Waals surface area contributed by atoms with Crippen molar-refractivity contribution in [2.24, 2.45) is 0 Å². The molecule has 0 aliphatic carbocycles. The van der Waals surface area contributed by atoms with Gasteiger partial charge in [-0.05, 0) is 44.4 Å². The molecule has 0 amide bonds. The number of ether oxygens (including phenoxy) is 5. The molecule has 1 aliphatic heterocycles. The summed E-state index contributed by atoms with van der Waals surface area (Å²) in [6.07, 6.45) is -5.86. The summed E-state index contributed by atoms with van der Waals surface area (Å²) >= 11 is 0. The van der Waals surface area contributed by atoms with Crippen LogP contribution in [-0.4, -0.2) is 58.1 Å². The molecule has 8 nitrogen and oxygen atoms in total. The molecule has 1 heterocycles. The first-order valence-corrected chi connectivity index (χ1v) is 13.8. The standard InChI is InChI=1S/C33H40O8/c1-23-27(37-20-24-14-8-5-9-15-24)28(38-21-25-16-10-6-11-17-25)30(39-22-26-18-12-7-13-19-26)33(36,40-23)29(34)31(35)41-32(2,3)4/h5-19,23,27-30,34,36H,20-22H2,1-4H3/t23-,27-,28+,29+,30-,33+/m0/s1. The molecular weight excluding hydrogens is 524 g/mol. The van der Waals surface area contributed by atoms with Crippen molar-refractivity contribution in [3.8, 4) is 0 Å². The van der Waals surface area contributed by atoms with E-state index in [0.29, 0.717) is 0 Å². The van der Waals surface area contributed by atoms with Crippen LogP contribution in [0.2, 0.25) is 0 Å². The topological polar surface area (TPSA) is 104 Å². The Bertz CT molecular complexity index is 1210. The summed E-state index contributed by atoms with van der Waals surface area (Å²) in [6, 6.07) is 28.6. The van der Waals surface area contributed by atoms with Crippen LogP contribution in [0, 0.1) is 0 Å². The van der Waals surface area contributed by atoms with E-state index in [-0.39, 0.29) is 19.8 Å². The lowest BCUT2D eigenvalue weighted by Crippen LogP contribution is -2.71. The van der Waals surface area contributed by atoms with E-state index >= 15 is 0 Å². The molecule has 41 heavy (non-hydrogen) atoms. The Hall–Kier alpha value is -3.11. The average Bonchev–Trinajstić information content (AvgIpc) is 2.95. The van der Waals surface area contributed by atoms with Crippen molar-refractivity contribution in [2.75, 3.05) is 0 Å². The quantitative estimate of drug-likeness (QED) is 0.327. The maximum atomic E-state index is 13.0. The molecule has 1 fully saturated rings. The molecule has 0 spiro atoms. The molecule has 3 aromatic carbocycles. The molecule has 0 bridgehead atoms. The average molecular weight is 565 g/mol. The Labute approximate surface area is 241 Å². The van der Waals surface area contributed by atoms with Crippen LogP contribution in [-0.2, 0) is 48.3 Å². The van der Waals surface area contributed by atoms with Crippen molar-refractivity contribution in [1.82, 2.24) is 0 Å². The zero-order chi connectivity index (χ0) is 29.5. The van der Waals surface area contributed by atoms with Crippen molar-refractivity contribution in [3.05, 3.63) is 108 Å². The zero-order valence-electron chi connectivity index (χ0n) is 24.0. The van der Waals surface area contributed by atoms with Crippen LogP contribution >= 0.6 is 0 Å². The van der Waals surface area contributed by atoms with Gasteiger partial charge in [0.05, 0.1) is 25.9 Å². The highest BCUT2D eigenvalue weighted by Crippen LogP contribution is 2.38. The van der Waals surface area contributed by atoms with Crippen LogP contribution in [0.4, 0.5) is 0 Å². The van der Waals surface area contributed by atoms with E-state index in [4.69, 9.17) is 23.7 Å². The maximum absolute atomic E-state index is 13.0. The van der Waals surface area contributed by atoms with E-state index in [1.54, 1.807) is 27.7 Å². The number of hydrogen-bond acceptors (Lipinski definition) is 8. The lowest BCUT2D eigenvalue weighted by Gasteiger charge is -2.50. The van der Waals surface area contributed by atoms with Crippen molar-refractivity contribution in [1.29, 1.82) is 0 Å². The zero-order valence-corrected chi connectivity index (χ0v) is 24.0. The van der Waals surface area contributed by atoms with Crippen LogP contribution in [0.3, 0.4) is 0 Å². The number of benzene rings is 3. The molecule has 8 heteroatoms. The van der Waals surface area contributed by atoms with Gasteiger partial charge in [0.2, 0.25) is 11.9 Å². The Balaban J connectivity index is 1.68. The summed E-state index contributed by atoms with van der Waals surface area (Å²) in [5.41, 5.74) is 1.76. The minimum Gasteiger partial charge on any atom is -0.458 e. The summed E-state index contributed by atoms with van der Waals surface area (Å²) in [7, 11) is 0. The number of aliphatic hydroxyl groups is 2. The number of carbonyl (C=O) groups excluding carboxylic acids is 1. The van der Waals surface area contributed by atoms with Gasteiger partial charge in [-0.2, -0.15) is 0 Å². The van der Waals surface area contributed by atoms with E-state index in [9.17, 15) is 15.0 Å². The second-order valence-corrected chi connectivity index (χ2v) is 11.3. The molecule has 0 saturated carbocycles. The Kier molecular flexibility index (Phi) is 10.3. The molecule has 3 aromatic rings. The third-order valence-electron chi connectivity index (χ3n) is 6.73. The fourth-order valence-electron chi connectivity index (χ4n) is 4.77. The molecule has 1 aliphatic rings. The van der Waals surface area contributed by atoms with Gasteiger partial charge in [0.25, 0.3) is 0 Å². The lowest BCUT2D eigenvalue weighted by atomic mass is 9.88. The van der Waals surface area contributed by atoms with Crippen LogP contribution < -0.4 is 0 Å². The van der Waals surface area contributed by atoms with Crippen LogP contribution in [0.25, 0.3) is 0 Å². The third kappa shape index (κ3) is 8.23. The van der Waals surface area contributed by atoms with Crippen LogP contribution in [0.5, 0.6) is 0 Å². The van der Waals surface area contributed by atoms with E-state index in [0.717, 1.165) is 16.7 Å². The summed E-state index contributed by atoms with van der Waals surface area (Å²) in [5.74, 6) is -3.53. The van der Waals surface area contributed by atoms with E-state index in [1.165, 1.54) is 0 Å². The van der Waals surface area contributed by atoms with E-state index in [2.05, 4.69) is 0 Å². The predicted molar refractivity (Wildman–Crippen MR) is 152 cm³/mol. The summed E-state index contributed by atoms with van der Waals surface area (Å²) in [4.78, 5) is 13.0. The first-order valence-electron chi connectivity index (χ1n) is 13.8. The molecule has 0 aromatic heterocycles. The highest BCUT2D eigenvalue weighted by molar-refractivity contribution is 5.76. The lowest BCUT2D eigenvalue weighted by molar-refractivity contribution is -0.384. The number of rotatable bonds is 11. The fraction of sp³-hybridized carbons (Fsp3) is 0.424. The summed E-state index contributed by atoms with van der Waals surface area (Å²) in [5, 5.41) is 23.2. The largest absolute Gasteiger partial charge is 0.458 e. The molecule has 220 valence electrons. The van der Waals surface area contributed by atoms with Crippen molar-refractivity contribution in [2.45, 2.75) is 89.4 Å². The van der Waals surface area contributed by atoms with Gasteiger partial charge in [0.15, 0.2) is 0 Å². The number of aliphatic hydroxyl groups excluding tert-OH is 1. The fourth-order valence-corrected chi connectivity index (χ4v) is 4.77. The molecule has 6 atom stereocenters. The van der Waals surface area contributed by atoms with Gasteiger partial charge in [-0.15, -0.1) is 0 Å². The van der Waals surface area contributed by atoms with E-state index < -0.39 is 47.9 Å². The van der Waals surface area contributed by atoms with Gasteiger partial charge in [-0.1, -0.05) is 91.0 Å². The summed E-state index contributed by atoms with van der Waals surface area (Å²) in [6.45, 7) is 7.21. The van der Waals surface area contributed by atoms with Gasteiger partial charge < -0.3 is 33.9 Å². The monoisotopic (exact) mass is 564 g/mol. The van der Waals surface area contributed by atoms with Crippen molar-refractivity contribution >= 4 is 5.97 Å². The first kappa shape index (κ1) is 30.8. The third-order valence-corrected chi connectivity index (χ3v) is 6.73. The minimum absolute atomic E-state index is 0.0587. The minimum atomic E-state index is -2.50. The number of hydrogen-bond donors (Lipinski definition) is 2. The number of carbonyl (C=O) groups is 1. The predicted octanol–water partition coefficient (Wildman–Crippen LogP) is 4.55. The SMILES string of the molecule is C[C@@H]1O[C@](O)([C@H](O)C(=O)OC(C)(C)C)[C@@H](OCc2ccccc2)[C@H](OCc2ccccc2)[C@H]1OCc1ccccc1. The van der Waals surface area contributed by atoms with Gasteiger partial charge >= 0.3 is 5.97 Å². The van der Waals surface area contributed by atoms with Gasteiger partial charge in [0, 0.05) is 0 Å². The van der Waals surface area contributed by atoms with E-state index in [1.807, 2.05) is 91.0 Å². The smallest absolute Gasteiger partial charge is 0.341 e. The molecular formula is C33H40O8. The molecule has 1 saturated heterocycles. The Morgan fingerprint density at radius 3 is 1.63 bits per heavy atom. The van der Waals surface area contributed by atoms with Crippen LogP contribution in [0.15, 0.2) is 91.0 Å². The Morgan fingerprint density at radius 2 is 1.20 bits per heavy atom. The van der Waals surface area contributed by atoms with Crippen molar-refractivity contribution in [3.63, 3.8) is 0 Å². The molecule has 2 N–H and O–H groups in total. The second-order valence-electron chi connectivity index (χ2n) is 11.3. The normalized spacial score (nSPS) is 25.4. The second kappa shape index (κ2) is 13.7. The molecule has 4 rings (SSSR count). The molecule has 0 radical (unpaired) electrons. The molecule has 0 unspecified atom stereocenters. The first-order chi connectivity index (χ1) is 19.6. The van der Waals surface area contributed by atoms with Gasteiger partial charge in [-0.25, -0.2) is 4.79 Å². The van der Waals surface area contributed by atoms with Crippen molar-refractivity contribution < 1.29 is 38.7 Å². The highest BCUT2D eigenvalue weighted by atomic mass is 16.7. The highest BCUT2D eigenvalue weighted by Gasteiger charge is 2.61.